The van der Waals surface area contributed by atoms with Crippen molar-refractivity contribution in [3.63, 3.8) is 0 Å². The molecule has 1 N–H and O–H groups in total. The Labute approximate surface area is 145 Å². The normalized spacial score (nSPS) is 10.8. The molecule has 1 aromatic carbocycles. The highest BCUT2D eigenvalue weighted by Gasteiger charge is 2.09. The van der Waals surface area contributed by atoms with E-state index in [1.165, 1.54) is 11.8 Å². The monoisotopic (exact) mass is 346 g/mol. The van der Waals surface area contributed by atoms with Gasteiger partial charge in [0.15, 0.2) is 5.16 Å². The maximum Gasteiger partial charge on any atom is 0.338 e. The van der Waals surface area contributed by atoms with E-state index in [1.54, 1.807) is 18.2 Å². The minimum absolute atomic E-state index is 0.122. The topological polar surface area (TPSA) is 72.0 Å². The molecule has 0 atom stereocenters. The lowest BCUT2D eigenvalue weighted by molar-refractivity contribution is 0.0378. The smallest absolute Gasteiger partial charge is 0.338 e. The van der Waals surface area contributed by atoms with Gasteiger partial charge in [0.25, 0.3) is 5.56 Å². The van der Waals surface area contributed by atoms with Crippen LogP contribution in [-0.4, -0.2) is 22.0 Å². The summed E-state index contributed by atoms with van der Waals surface area (Å²) < 4.78 is 5.16. The Morgan fingerprint density at radius 3 is 2.62 bits per heavy atom. The maximum absolute atomic E-state index is 11.8. The predicted octanol–water partition coefficient (Wildman–Crippen LogP) is 3.58. The number of rotatable bonds is 7. The molecule has 6 heteroatoms. The molecular weight excluding hydrogens is 324 g/mol. The molecule has 0 unspecified atom stereocenters. The van der Waals surface area contributed by atoms with Gasteiger partial charge < -0.3 is 9.72 Å². The number of nitrogens with zero attached hydrogens (tertiary/aromatic N) is 1. The minimum Gasteiger partial charge on any atom is -0.459 e. The van der Waals surface area contributed by atoms with E-state index in [0.717, 1.165) is 24.1 Å². The Morgan fingerprint density at radius 2 is 2.00 bits per heavy atom. The summed E-state index contributed by atoms with van der Waals surface area (Å²) in [5, 5.41) is 0.620. The van der Waals surface area contributed by atoms with Crippen LogP contribution < -0.4 is 5.56 Å². The van der Waals surface area contributed by atoms with Crippen LogP contribution in [0.5, 0.6) is 0 Å². The van der Waals surface area contributed by atoms with Crippen LogP contribution in [0, 0.1) is 0 Å². The van der Waals surface area contributed by atoms with Crippen molar-refractivity contribution in [3.8, 4) is 0 Å². The second-order valence-corrected chi connectivity index (χ2v) is 6.70. The molecule has 2 rings (SSSR count). The standard InChI is InChI=1S/C18H22N2O3S/c1-4-5-15-10-16(21)20-18(19-15)24-11-13-6-8-14(9-7-13)17(22)23-12(2)3/h6-10,12H,4-5,11H2,1-3H3,(H,19,20,21). The van der Waals surface area contributed by atoms with Crippen molar-refractivity contribution in [1.29, 1.82) is 0 Å². The first kappa shape index (κ1) is 18.3. The Kier molecular flexibility index (Phi) is 6.61. The highest BCUT2D eigenvalue weighted by molar-refractivity contribution is 7.98. The van der Waals surface area contributed by atoms with E-state index in [1.807, 2.05) is 26.0 Å². The number of aromatic nitrogens is 2. The second-order valence-electron chi connectivity index (χ2n) is 5.73. The summed E-state index contributed by atoms with van der Waals surface area (Å²) in [6.45, 7) is 5.70. The van der Waals surface area contributed by atoms with E-state index in [2.05, 4.69) is 16.9 Å². The molecule has 0 radical (unpaired) electrons. The summed E-state index contributed by atoms with van der Waals surface area (Å²) in [5.41, 5.74) is 2.27. The Morgan fingerprint density at radius 1 is 1.29 bits per heavy atom. The van der Waals surface area contributed by atoms with Crippen LogP contribution >= 0.6 is 11.8 Å². The zero-order valence-electron chi connectivity index (χ0n) is 14.2. The van der Waals surface area contributed by atoms with Crippen molar-refractivity contribution in [1.82, 2.24) is 9.97 Å². The fraction of sp³-hybridized carbons (Fsp3) is 0.389. The molecule has 1 aromatic heterocycles. The molecule has 0 saturated heterocycles. The van der Waals surface area contributed by atoms with Gasteiger partial charge in [-0.15, -0.1) is 0 Å². The molecule has 0 aliphatic carbocycles. The highest BCUT2D eigenvalue weighted by atomic mass is 32.2. The van der Waals surface area contributed by atoms with Crippen LogP contribution in [0.25, 0.3) is 0 Å². The largest absolute Gasteiger partial charge is 0.459 e. The van der Waals surface area contributed by atoms with Gasteiger partial charge in [-0.25, -0.2) is 9.78 Å². The molecule has 0 aliphatic heterocycles. The third-order valence-electron chi connectivity index (χ3n) is 3.19. The Hall–Kier alpha value is -2.08. The quantitative estimate of drug-likeness (QED) is 0.471. The lowest BCUT2D eigenvalue weighted by atomic mass is 10.1. The summed E-state index contributed by atoms with van der Waals surface area (Å²) in [4.78, 5) is 30.6. The van der Waals surface area contributed by atoms with Crippen molar-refractivity contribution in [2.45, 2.75) is 50.6 Å². The molecule has 1 heterocycles. The number of ether oxygens (including phenoxy) is 1. The van der Waals surface area contributed by atoms with E-state index < -0.39 is 0 Å². The molecule has 128 valence electrons. The molecule has 0 bridgehead atoms. The summed E-state index contributed by atoms with van der Waals surface area (Å²) in [7, 11) is 0. The number of hydrogen-bond acceptors (Lipinski definition) is 5. The van der Waals surface area contributed by atoms with Gasteiger partial charge in [-0.05, 0) is 38.0 Å². The molecule has 0 aliphatic rings. The van der Waals surface area contributed by atoms with Crippen molar-refractivity contribution in [2.24, 2.45) is 0 Å². The lowest BCUT2D eigenvalue weighted by Crippen LogP contribution is -2.11. The van der Waals surface area contributed by atoms with E-state index in [9.17, 15) is 9.59 Å². The number of carbonyl (C=O) groups is 1. The van der Waals surface area contributed by atoms with Gasteiger partial charge in [0.1, 0.15) is 0 Å². The van der Waals surface area contributed by atoms with E-state index >= 15 is 0 Å². The van der Waals surface area contributed by atoms with Crippen LogP contribution in [0.3, 0.4) is 0 Å². The van der Waals surface area contributed by atoms with Crippen LogP contribution in [0.4, 0.5) is 0 Å². The van der Waals surface area contributed by atoms with Gasteiger partial charge in [-0.3, -0.25) is 4.79 Å². The Balaban J connectivity index is 2.00. The number of aryl methyl sites for hydroxylation is 1. The van der Waals surface area contributed by atoms with E-state index in [0.29, 0.717) is 16.5 Å². The third kappa shape index (κ3) is 5.53. The van der Waals surface area contributed by atoms with Crippen LogP contribution in [0.15, 0.2) is 40.3 Å². The summed E-state index contributed by atoms with van der Waals surface area (Å²) >= 11 is 1.47. The Bertz CT molecular complexity index is 739. The lowest BCUT2D eigenvalue weighted by Gasteiger charge is -2.08. The van der Waals surface area contributed by atoms with Crippen molar-refractivity contribution >= 4 is 17.7 Å². The van der Waals surface area contributed by atoms with Crippen LogP contribution in [0.2, 0.25) is 0 Å². The van der Waals surface area contributed by atoms with Crippen molar-refractivity contribution in [2.75, 3.05) is 0 Å². The van der Waals surface area contributed by atoms with Crippen molar-refractivity contribution < 1.29 is 9.53 Å². The summed E-state index contributed by atoms with van der Waals surface area (Å²) in [5.74, 6) is 0.348. The predicted molar refractivity (Wildman–Crippen MR) is 95.4 cm³/mol. The van der Waals surface area contributed by atoms with Gasteiger partial charge in [0.05, 0.1) is 11.7 Å². The number of H-pyrrole nitrogens is 1. The fourth-order valence-corrected chi connectivity index (χ4v) is 2.96. The van der Waals surface area contributed by atoms with Crippen molar-refractivity contribution in [3.05, 3.63) is 57.5 Å². The first-order chi connectivity index (χ1) is 11.5. The molecule has 0 fully saturated rings. The molecule has 24 heavy (non-hydrogen) atoms. The molecule has 0 spiro atoms. The van der Waals surface area contributed by atoms with Gasteiger partial charge in [0, 0.05) is 17.5 Å². The number of aromatic amines is 1. The third-order valence-corrected chi connectivity index (χ3v) is 4.13. The fourth-order valence-electron chi connectivity index (χ4n) is 2.11. The maximum atomic E-state index is 11.8. The molecular formula is C18H22N2O3S. The number of hydrogen-bond donors (Lipinski definition) is 1. The van der Waals surface area contributed by atoms with Gasteiger partial charge in [-0.1, -0.05) is 37.2 Å². The zero-order chi connectivity index (χ0) is 17.5. The first-order valence-corrected chi connectivity index (χ1v) is 8.99. The highest BCUT2D eigenvalue weighted by Crippen LogP contribution is 2.19. The second kappa shape index (κ2) is 8.68. The van der Waals surface area contributed by atoms with E-state index in [4.69, 9.17) is 4.74 Å². The number of benzene rings is 1. The number of nitrogens with one attached hydrogen (secondary N) is 1. The average molecular weight is 346 g/mol. The first-order valence-electron chi connectivity index (χ1n) is 8.01. The number of esters is 1. The number of carbonyl (C=O) groups excluding carboxylic acids is 1. The van der Waals surface area contributed by atoms with Gasteiger partial charge in [-0.2, -0.15) is 0 Å². The molecule has 2 aromatic rings. The summed E-state index contributed by atoms with van der Waals surface area (Å²) in [6, 6.07) is 8.83. The SMILES string of the molecule is CCCc1cc(=O)[nH]c(SCc2ccc(C(=O)OC(C)C)cc2)n1. The molecule has 0 saturated carbocycles. The zero-order valence-corrected chi connectivity index (χ0v) is 15.0. The summed E-state index contributed by atoms with van der Waals surface area (Å²) in [6.07, 6.45) is 1.62. The molecule has 0 amide bonds. The van der Waals surface area contributed by atoms with Crippen LogP contribution in [-0.2, 0) is 16.9 Å². The minimum atomic E-state index is -0.317. The van der Waals surface area contributed by atoms with Gasteiger partial charge in [0.2, 0.25) is 0 Å². The van der Waals surface area contributed by atoms with Gasteiger partial charge >= 0.3 is 5.97 Å². The average Bonchev–Trinajstić information content (AvgIpc) is 2.52. The van der Waals surface area contributed by atoms with Crippen LogP contribution in [0.1, 0.15) is 48.8 Å². The molecule has 5 nitrogen and oxygen atoms in total. The van der Waals surface area contributed by atoms with E-state index in [-0.39, 0.29) is 17.6 Å². The number of thioether (sulfide) groups is 1.